The second-order valence-corrected chi connectivity index (χ2v) is 3.64. The first kappa shape index (κ1) is 9.06. The molecule has 0 atom stereocenters. The standard InChI is InChI=1S/C11H14N2O/c1-8(14)9-3-4-11-10(7-9)12-5-6-13(11)2/h3-4,7,12H,5-6H2,1-2H3. The number of hydrogen-bond acceptors (Lipinski definition) is 3. The van der Waals surface area contributed by atoms with Crippen molar-refractivity contribution in [3.05, 3.63) is 23.8 Å². The quantitative estimate of drug-likeness (QED) is 0.685. The zero-order valence-electron chi connectivity index (χ0n) is 8.50. The number of benzene rings is 1. The van der Waals surface area contributed by atoms with Crippen LogP contribution in [0.25, 0.3) is 0 Å². The fourth-order valence-corrected chi connectivity index (χ4v) is 1.71. The van der Waals surface area contributed by atoms with Gasteiger partial charge in [0.05, 0.1) is 11.4 Å². The summed E-state index contributed by atoms with van der Waals surface area (Å²) in [5.41, 5.74) is 3.00. The lowest BCUT2D eigenvalue weighted by Gasteiger charge is -2.28. The van der Waals surface area contributed by atoms with Crippen molar-refractivity contribution in [2.75, 3.05) is 30.4 Å². The average Bonchev–Trinajstić information content (AvgIpc) is 2.17. The van der Waals surface area contributed by atoms with Crippen LogP contribution >= 0.6 is 0 Å². The van der Waals surface area contributed by atoms with Crippen LogP contribution in [0, 0.1) is 0 Å². The van der Waals surface area contributed by atoms with E-state index in [4.69, 9.17) is 0 Å². The molecule has 0 spiro atoms. The monoisotopic (exact) mass is 190 g/mol. The summed E-state index contributed by atoms with van der Waals surface area (Å²) in [5, 5.41) is 3.29. The molecule has 1 aliphatic heterocycles. The molecular formula is C11H14N2O. The Morgan fingerprint density at radius 2 is 2.29 bits per heavy atom. The molecule has 0 bridgehead atoms. The van der Waals surface area contributed by atoms with Gasteiger partial charge in [-0.25, -0.2) is 0 Å². The fourth-order valence-electron chi connectivity index (χ4n) is 1.71. The second-order valence-electron chi connectivity index (χ2n) is 3.64. The van der Waals surface area contributed by atoms with Gasteiger partial charge in [-0.3, -0.25) is 4.79 Å². The van der Waals surface area contributed by atoms with Gasteiger partial charge in [-0.2, -0.15) is 0 Å². The molecule has 0 unspecified atom stereocenters. The van der Waals surface area contributed by atoms with Gasteiger partial charge in [0.25, 0.3) is 0 Å². The van der Waals surface area contributed by atoms with E-state index in [1.807, 2.05) is 18.2 Å². The lowest BCUT2D eigenvalue weighted by atomic mass is 10.1. The smallest absolute Gasteiger partial charge is 0.159 e. The van der Waals surface area contributed by atoms with Crippen LogP contribution in [0.5, 0.6) is 0 Å². The van der Waals surface area contributed by atoms with Crippen molar-refractivity contribution in [3.8, 4) is 0 Å². The summed E-state index contributed by atoms with van der Waals surface area (Å²) in [6.45, 7) is 3.53. The Balaban J connectivity index is 2.44. The fraction of sp³-hybridized carbons (Fsp3) is 0.364. The summed E-state index contributed by atoms with van der Waals surface area (Å²) >= 11 is 0. The van der Waals surface area contributed by atoms with E-state index in [1.165, 1.54) is 5.69 Å². The molecular weight excluding hydrogens is 176 g/mol. The van der Waals surface area contributed by atoms with Gasteiger partial charge in [0.1, 0.15) is 0 Å². The predicted molar refractivity (Wildman–Crippen MR) is 58.2 cm³/mol. The molecule has 0 amide bonds. The van der Waals surface area contributed by atoms with Crippen molar-refractivity contribution < 1.29 is 4.79 Å². The molecule has 0 aliphatic carbocycles. The largest absolute Gasteiger partial charge is 0.382 e. The summed E-state index contributed by atoms with van der Waals surface area (Å²) in [6.07, 6.45) is 0. The third kappa shape index (κ3) is 1.45. The molecule has 1 heterocycles. The highest BCUT2D eigenvalue weighted by atomic mass is 16.1. The van der Waals surface area contributed by atoms with Gasteiger partial charge in [0, 0.05) is 25.7 Å². The van der Waals surface area contributed by atoms with Crippen LogP contribution in [0.4, 0.5) is 11.4 Å². The van der Waals surface area contributed by atoms with E-state index in [-0.39, 0.29) is 5.78 Å². The molecule has 2 rings (SSSR count). The number of Topliss-reactive ketones (excluding diaryl/α,β-unsaturated/α-hetero) is 1. The van der Waals surface area contributed by atoms with Gasteiger partial charge in [0.15, 0.2) is 5.78 Å². The topological polar surface area (TPSA) is 32.3 Å². The van der Waals surface area contributed by atoms with E-state index in [2.05, 4.69) is 17.3 Å². The van der Waals surface area contributed by atoms with Crippen molar-refractivity contribution in [1.29, 1.82) is 0 Å². The first-order chi connectivity index (χ1) is 6.68. The highest BCUT2D eigenvalue weighted by Crippen LogP contribution is 2.28. The van der Waals surface area contributed by atoms with Crippen molar-refractivity contribution in [2.24, 2.45) is 0 Å². The van der Waals surface area contributed by atoms with E-state index in [0.717, 1.165) is 24.3 Å². The van der Waals surface area contributed by atoms with Gasteiger partial charge < -0.3 is 10.2 Å². The lowest BCUT2D eigenvalue weighted by molar-refractivity contribution is 0.101. The van der Waals surface area contributed by atoms with Crippen LogP contribution in [0.2, 0.25) is 0 Å². The normalized spacial score (nSPS) is 14.6. The maximum atomic E-state index is 11.2. The first-order valence-corrected chi connectivity index (χ1v) is 4.78. The number of fused-ring (bicyclic) bond motifs is 1. The highest BCUT2D eigenvalue weighted by Gasteiger charge is 2.13. The first-order valence-electron chi connectivity index (χ1n) is 4.78. The van der Waals surface area contributed by atoms with Crippen molar-refractivity contribution in [1.82, 2.24) is 0 Å². The Kier molecular flexibility index (Phi) is 2.15. The van der Waals surface area contributed by atoms with Gasteiger partial charge in [-0.1, -0.05) is 0 Å². The molecule has 0 saturated carbocycles. The molecule has 0 radical (unpaired) electrons. The minimum absolute atomic E-state index is 0.114. The molecule has 1 aromatic carbocycles. The minimum Gasteiger partial charge on any atom is -0.382 e. The Labute approximate surface area is 83.7 Å². The average molecular weight is 190 g/mol. The third-order valence-corrected chi connectivity index (χ3v) is 2.58. The van der Waals surface area contributed by atoms with E-state index < -0.39 is 0 Å². The van der Waals surface area contributed by atoms with Gasteiger partial charge in [-0.15, -0.1) is 0 Å². The summed E-state index contributed by atoms with van der Waals surface area (Å²) in [4.78, 5) is 13.4. The van der Waals surface area contributed by atoms with Crippen LogP contribution in [0.3, 0.4) is 0 Å². The molecule has 0 fully saturated rings. The predicted octanol–water partition coefficient (Wildman–Crippen LogP) is 1.75. The molecule has 0 aromatic heterocycles. The summed E-state index contributed by atoms with van der Waals surface area (Å²) in [6, 6.07) is 5.80. The molecule has 3 heteroatoms. The van der Waals surface area contributed by atoms with Crippen molar-refractivity contribution >= 4 is 17.2 Å². The number of nitrogens with zero attached hydrogens (tertiary/aromatic N) is 1. The number of carbonyl (C=O) groups is 1. The molecule has 3 nitrogen and oxygen atoms in total. The number of likely N-dealkylation sites (N-methyl/N-ethyl adjacent to an activating group) is 1. The van der Waals surface area contributed by atoms with Crippen LogP contribution in [-0.4, -0.2) is 25.9 Å². The Hall–Kier alpha value is -1.51. The van der Waals surface area contributed by atoms with E-state index >= 15 is 0 Å². The van der Waals surface area contributed by atoms with E-state index in [0.29, 0.717) is 0 Å². The molecule has 14 heavy (non-hydrogen) atoms. The Bertz CT molecular complexity index is 374. The van der Waals surface area contributed by atoms with Gasteiger partial charge in [0.2, 0.25) is 0 Å². The number of ketones is 1. The number of carbonyl (C=O) groups excluding carboxylic acids is 1. The highest BCUT2D eigenvalue weighted by molar-refractivity contribution is 5.96. The Morgan fingerprint density at radius 1 is 1.50 bits per heavy atom. The Morgan fingerprint density at radius 3 is 3.00 bits per heavy atom. The van der Waals surface area contributed by atoms with E-state index in [1.54, 1.807) is 6.92 Å². The number of hydrogen-bond donors (Lipinski definition) is 1. The van der Waals surface area contributed by atoms with Crippen LogP contribution in [-0.2, 0) is 0 Å². The summed E-state index contributed by atoms with van der Waals surface area (Å²) in [7, 11) is 2.06. The van der Waals surface area contributed by atoms with Crippen molar-refractivity contribution in [2.45, 2.75) is 6.92 Å². The van der Waals surface area contributed by atoms with Crippen molar-refractivity contribution in [3.63, 3.8) is 0 Å². The molecule has 0 saturated heterocycles. The summed E-state index contributed by atoms with van der Waals surface area (Å²) < 4.78 is 0. The van der Waals surface area contributed by atoms with E-state index in [9.17, 15) is 4.79 Å². The summed E-state index contributed by atoms with van der Waals surface area (Å²) in [5.74, 6) is 0.114. The van der Waals surface area contributed by atoms with Crippen LogP contribution in [0.1, 0.15) is 17.3 Å². The molecule has 1 N–H and O–H groups in total. The second kappa shape index (κ2) is 3.33. The van der Waals surface area contributed by atoms with Crippen LogP contribution < -0.4 is 10.2 Å². The zero-order chi connectivity index (χ0) is 10.1. The molecule has 1 aliphatic rings. The number of anilines is 2. The molecule has 1 aromatic rings. The number of nitrogens with one attached hydrogen (secondary N) is 1. The van der Waals surface area contributed by atoms with Gasteiger partial charge >= 0.3 is 0 Å². The zero-order valence-corrected chi connectivity index (χ0v) is 8.50. The maximum Gasteiger partial charge on any atom is 0.159 e. The third-order valence-electron chi connectivity index (χ3n) is 2.58. The lowest BCUT2D eigenvalue weighted by Crippen LogP contribution is -2.30. The molecule has 74 valence electrons. The maximum absolute atomic E-state index is 11.2. The van der Waals surface area contributed by atoms with Gasteiger partial charge in [-0.05, 0) is 25.1 Å². The minimum atomic E-state index is 0.114. The number of rotatable bonds is 1. The van der Waals surface area contributed by atoms with Crippen LogP contribution in [0.15, 0.2) is 18.2 Å². The SMILES string of the molecule is CC(=O)c1ccc2c(c1)NCCN2C.